The molecule has 0 spiro atoms. The third kappa shape index (κ3) is 3.83. The van der Waals surface area contributed by atoms with Gasteiger partial charge in [-0.25, -0.2) is 0 Å². The molecule has 0 bridgehead atoms. The fourth-order valence-electron chi connectivity index (χ4n) is 2.20. The molecule has 1 aromatic heterocycles. The Labute approximate surface area is 147 Å². The third-order valence-corrected chi connectivity index (χ3v) is 3.53. The first-order valence-corrected chi connectivity index (χ1v) is 7.56. The van der Waals surface area contributed by atoms with Crippen molar-refractivity contribution in [1.29, 1.82) is 0 Å². The minimum Gasteiger partial charge on any atom is -0.497 e. The van der Waals surface area contributed by atoms with E-state index in [2.05, 4.69) is 15.5 Å². The van der Waals surface area contributed by atoms with Gasteiger partial charge in [0.05, 0.1) is 18.6 Å². The fraction of sp³-hybridized carbons (Fsp3) is 0.118. The smallest absolute Gasteiger partial charge is 0.270 e. The predicted octanol–water partition coefficient (Wildman–Crippen LogP) is 2.58. The van der Waals surface area contributed by atoms with Gasteiger partial charge in [-0.15, -0.1) is 0 Å². The summed E-state index contributed by atoms with van der Waals surface area (Å²) in [4.78, 5) is 26.5. The number of ether oxygens (including phenoxy) is 1. The molecule has 0 aliphatic rings. The molecule has 0 unspecified atom stereocenters. The summed E-state index contributed by atoms with van der Waals surface area (Å²) in [6.45, 7) is 0.0289. The van der Waals surface area contributed by atoms with Crippen molar-refractivity contribution in [3.63, 3.8) is 0 Å². The number of hydrogen-bond acceptors (Lipinski definition) is 7. The van der Waals surface area contributed by atoms with Crippen LogP contribution in [0.3, 0.4) is 0 Å². The molecular formula is C17H14N4O5. The second kappa shape index (κ2) is 7.43. The molecule has 1 N–H and O–H groups in total. The minimum absolute atomic E-state index is 0.0289. The summed E-state index contributed by atoms with van der Waals surface area (Å²) in [5.41, 5.74) is 0.742. The molecule has 1 amide bonds. The van der Waals surface area contributed by atoms with Crippen molar-refractivity contribution in [2.75, 3.05) is 7.11 Å². The molecule has 0 saturated carbocycles. The summed E-state index contributed by atoms with van der Waals surface area (Å²) in [5.74, 6) is 0.837. The number of carbonyl (C=O) groups is 1. The molecular weight excluding hydrogens is 340 g/mol. The van der Waals surface area contributed by atoms with E-state index < -0.39 is 10.8 Å². The monoisotopic (exact) mass is 354 g/mol. The molecule has 0 saturated heterocycles. The largest absolute Gasteiger partial charge is 0.497 e. The van der Waals surface area contributed by atoms with Crippen molar-refractivity contribution in [2.24, 2.45) is 0 Å². The number of hydrogen-bond donors (Lipinski definition) is 1. The second-order valence-corrected chi connectivity index (χ2v) is 5.23. The molecule has 9 heteroatoms. The number of amides is 1. The fourth-order valence-corrected chi connectivity index (χ4v) is 2.20. The molecule has 1 heterocycles. The van der Waals surface area contributed by atoms with Crippen LogP contribution in [-0.4, -0.2) is 28.1 Å². The van der Waals surface area contributed by atoms with Crippen LogP contribution in [0.4, 0.5) is 5.69 Å². The van der Waals surface area contributed by atoms with Crippen molar-refractivity contribution < 1.29 is 19.0 Å². The van der Waals surface area contributed by atoms with Crippen molar-refractivity contribution in [2.45, 2.75) is 6.54 Å². The number of nitro benzene ring substituents is 1. The van der Waals surface area contributed by atoms with E-state index in [0.717, 1.165) is 5.56 Å². The highest BCUT2D eigenvalue weighted by atomic mass is 16.6. The molecule has 9 nitrogen and oxygen atoms in total. The lowest BCUT2D eigenvalue weighted by Crippen LogP contribution is -2.23. The van der Waals surface area contributed by atoms with Crippen LogP contribution >= 0.6 is 0 Å². The number of benzene rings is 2. The Bertz CT molecular complexity index is 936. The molecule has 0 radical (unpaired) electrons. The minimum atomic E-state index is -0.558. The van der Waals surface area contributed by atoms with Crippen LogP contribution in [0.5, 0.6) is 5.75 Å². The highest BCUT2D eigenvalue weighted by Crippen LogP contribution is 2.20. The van der Waals surface area contributed by atoms with Gasteiger partial charge >= 0.3 is 0 Å². The Balaban J connectivity index is 1.65. The number of methoxy groups -OCH3 is 1. The van der Waals surface area contributed by atoms with Crippen molar-refractivity contribution in [3.8, 4) is 17.2 Å². The summed E-state index contributed by atoms with van der Waals surface area (Å²) in [7, 11) is 1.57. The van der Waals surface area contributed by atoms with Crippen LogP contribution in [0.15, 0.2) is 53.1 Å². The Morgan fingerprint density at radius 3 is 2.73 bits per heavy atom. The topological polar surface area (TPSA) is 120 Å². The van der Waals surface area contributed by atoms with Crippen molar-refractivity contribution >= 4 is 11.6 Å². The molecule has 3 rings (SSSR count). The Hall–Kier alpha value is -3.75. The van der Waals surface area contributed by atoms with Gasteiger partial charge in [0.2, 0.25) is 0 Å². The van der Waals surface area contributed by atoms with Crippen LogP contribution in [0.2, 0.25) is 0 Å². The van der Waals surface area contributed by atoms with Crippen LogP contribution in [0.1, 0.15) is 16.2 Å². The van der Waals surface area contributed by atoms with Crippen LogP contribution in [0.25, 0.3) is 11.5 Å². The van der Waals surface area contributed by atoms with Crippen LogP contribution in [0, 0.1) is 10.1 Å². The third-order valence-electron chi connectivity index (χ3n) is 3.53. The first-order chi connectivity index (χ1) is 12.6. The average Bonchev–Trinajstić information content (AvgIpc) is 3.15. The predicted molar refractivity (Wildman–Crippen MR) is 90.6 cm³/mol. The molecule has 0 aliphatic carbocycles. The van der Waals surface area contributed by atoms with Gasteiger partial charge in [-0.2, -0.15) is 4.98 Å². The van der Waals surface area contributed by atoms with Gasteiger partial charge in [0.25, 0.3) is 17.5 Å². The highest BCUT2D eigenvalue weighted by molar-refractivity contribution is 5.94. The lowest BCUT2D eigenvalue weighted by atomic mass is 10.2. The van der Waals surface area contributed by atoms with Crippen molar-refractivity contribution in [3.05, 3.63) is 70.0 Å². The summed E-state index contributed by atoms with van der Waals surface area (Å²) >= 11 is 0. The summed E-state index contributed by atoms with van der Waals surface area (Å²) in [6.07, 6.45) is 0. The molecule has 3 aromatic rings. The number of non-ortho nitro benzene ring substituents is 1. The number of nitrogens with one attached hydrogen (secondary N) is 1. The van der Waals surface area contributed by atoms with Gasteiger partial charge in [-0.05, 0) is 30.3 Å². The highest BCUT2D eigenvalue weighted by Gasteiger charge is 2.13. The van der Waals surface area contributed by atoms with Gasteiger partial charge in [-0.3, -0.25) is 14.9 Å². The average molecular weight is 354 g/mol. The number of carbonyl (C=O) groups excluding carboxylic acids is 1. The quantitative estimate of drug-likeness (QED) is 0.533. The maximum atomic E-state index is 12.1. The maximum Gasteiger partial charge on any atom is 0.270 e. The number of rotatable bonds is 6. The lowest BCUT2D eigenvalue weighted by Gasteiger charge is -2.02. The van der Waals surface area contributed by atoms with Gasteiger partial charge < -0.3 is 14.6 Å². The summed E-state index contributed by atoms with van der Waals surface area (Å²) in [6, 6.07) is 12.5. The summed E-state index contributed by atoms with van der Waals surface area (Å²) < 4.78 is 10.3. The van der Waals surface area contributed by atoms with Gasteiger partial charge in [0.1, 0.15) is 5.75 Å². The first kappa shape index (κ1) is 17.1. The zero-order valence-corrected chi connectivity index (χ0v) is 13.7. The maximum absolute atomic E-state index is 12.1. The number of nitrogens with zero attached hydrogens (tertiary/aromatic N) is 3. The second-order valence-electron chi connectivity index (χ2n) is 5.23. The van der Waals surface area contributed by atoms with Crippen LogP contribution in [-0.2, 0) is 6.54 Å². The molecule has 0 aliphatic heterocycles. The molecule has 2 aromatic carbocycles. The lowest BCUT2D eigenvalue weighted by molar-refractivity contribution is -0.384. The van der Waals surface area contributed by atoms with E-state index in [1.54, 1.807) is 31.4 Å². The number of nitro groups is 1. The Morgan fingerprint density at radius 2 is 2.04 bits per heavy atom. The van der Waals surface area contributed by atoms with E-state index in [0.29, 0.717) is 11.6 Å². The molecule has 0 fully saturated rings. The van der Waals surface area contributed by atoms with Gasteiger partial charge in [-0.1, -0.05) is 11.2 Å². The van der Waals surface area contributed by atoms with E-state index in [4.69, 9.17) is 9.26 Å². The van der Waals surface area contributed by atoms with Gasteiger partial charge in [0, 0.05) is 23.3 Å². The summed E-state index contributed by atoms with van der Waals surface area (Å²) in [5, 5.41) is 17.2. The van der Waals surface area contributed by atoms with E-state index in [9.17, 15) is 14.9 Å². The van der Waals surface area contributed by atoms with E-state index in [1.807, 2.05) is 0 Å². The van der Waals surface area contributed by atoms with E-state index >= 15 is 0 Å². The van der Waals surface area contributed by atoms with Crippen LogP contribution < -0.4 is 10.1 Å². The molecule has 26 heavy (non-hydrogen) atoms. The number of aromatic nitrogens is 2. The zero-order valence-electron chi connectivity index (χ0n) is 13.7. The zero-order chi connectivity index (χ0) is 18.5. The molecule has 0 atom stereocenters. The standard InChI is InChI=1S/C17H14N4O5/c1-25-14-7-5-11(6-8-14)17-19-15(20-26-17)10-18-16(22)12-3-2-4-13(9-12)21(23)24/h2-9H,10H2,1H3,(H,18,22). The SMILES string of the molecule is COc1ccc(-c2nc(CNC(=O)c3cccc([N+](=O)[O-])c3)no2)cc1. The van der Waals surface area contributed by atoms with E-state index in [-0.39, 0.29) is 23.6 Å². The van der Waals surface area contributed by atoms with Crippen molar-refractivity contribution in [1.82, 2.24) is 15.5 Å². The Morgan fingerprint density at radius 1 is 1.27 bits per heavy atom. The first-order valence-electron chi connectivity index (χ1n) is 7.56. The molecule has 132 valence electrons. The van der Waals surface area contributed by atoms with Gasteiger partial charge in [0.15, 0.2) is 5.82 Å². The normalized spacial score (nSPS) is 10.3. The van der Waals surface area contributed by atoms with E-state index in [1.165, 1.54) is 24.3 Å². The Kier molecular flexibility index (Phi) is 4.88.